The molecule has 0 saturated heterocycles. The molecule has 0 fully saturated rings. The molecule has 0 spiro atoms. The van der Waals surface area contributed by atoms with Gasteiger partial charge in [0.15, 0.2) is 0 Å². The second-order valence-electron chi connectivity index (χ2n) is 11.7. The van der Waals surface area contributed by atoms with Crippen molar-refractivity contribution >= 4 is 40.7 Å². The third-order valence-corrected chi connectivity index (χ3v) is 7.96. The zero-order chi connectivity index (χ0) is 31.6. The highest BCUT2D eigenvalue weighted by molar-refractivity contribution is 6.30. The van der Waals surface area contributed by atoms with Crippen molar-refractivity contribution < 1.29 is 19.1 Å². The van der Waals surface area contributed by atoms with E-state index in [1.807, 2.05) is 24.3 Å². The second kappa shape index (κ2) is 15.7. The lowest BCUT2D eigenvalue weighted by Crippen LogP contribution is -2.31. The number of halogens is 1. The number of nitrogens with zero attached hydrogens (tertiary/aromatic N) is 2. The van der Waals surface area contributed by atoms with Crippen LogP contribution in [0.5, 0.6) is 5.75 Å². The highest BCUT2D eigenvalue weighted by atomic mass is 35.5. The molecule has 2 N–H and O–H groups in total. The van der Waals surface area contributed by atoms with E-state index in [2.05, 4.69) is 24.5 Å². The summed E-state index contributed by atoms with van der Waals surface area (Å²) >= 11 is 6.36. The fraction of sp³-hybridized carbons (Fsp3) is 0.400. The largest absolute Gasteiger partial charge is 0.493 e. The number of carbonyl (C=O) groups excluding carboxylic acids is 3. The number of amides is 3. The first-order valence-corrected chi connectivity index (χ1v) is 15.7. The molecule has 0 aromatic heterocycles. The van der Waals surface area contributed by atoms with E-state index in [1.165, 1.54) is 0 Å². The topological polar surface area (TPSA) is 91.0 Å². The summed E-state index contributed by atoms with van der Waals surface area (Å²) < 4.78 is 5.94. The molecule has 1 unspecified atom stereocenters. The molecule has 4 rings (SSSR count). The van der Waals surface area contributed by atoms with Crippen molar-refractivity contribution in [1.29, 1.82) is 0 Å². The summed E-state index contributed by atoms with van der Waals surface area (Å²) in [6, 6.07) is 20.1. The quantitative estimate of drug-likeness (QED) is 0.219. The maximum atomic E-state index is 13.7. The normalized spacial score (nSPS) is 14.5. The Morgan fingerprint density at radius 2 is 1.77 bits per heavy atom. The first kappa shape index (κ1) is 33.0. The van der Waals surface area contributed by atoms with Crippen molar-refractivity contribution in [3.8, 4) is 5.75 Å². The minimum absolute atomic E-state index is 0.0253. The van der Waals surface area contributed by atoms with E-state index in [1.54, 1.807) is 66.4 Å². The number of carbonyl (C=O) groups is 3. The van der Waals surface area contributed by atoms with Gasteiger partial charge in [-0.15, -0.1) is 0 Å². The number of ether oxygens (including phenoxy) is 1. The minimum atomic E-state index is -0.280. The SMILES string of the molecule is CC(C)NCCCCOc1ccccc1C(=O)Nc1ccc(C(=O)N2CCCC(CC(=O)N(C)C)c3cc(Cl)ccc32)cc1. The maximum Gasteiger partial charge on any atom is 0.259 e. The number of hydrogen-bond donors (Lipinski definition) is 2. The molecule has 3 amide bonds. The van der Waals surface area contributed by atoms with Gasteiger partial charge in [0.2, 0.25) is 5.91 Å². The van der Waals surface area contributed by atoms with Gasteiger partial charge in [0.05, 0.1) is 12.2 Å². The van der Waals surface area contributed by atoms with Crippen LogP contribution < -0.4 is 20.3 Å². The van der Waals surface area contributed by atoms with Gasteiger partial charge in [0, 0.05) is 55.1 Å². The van der Waals surface area contributed by atoms with Crippen LogP contribution in [0.3, 0.4) is 0 Å². The van der Waals surface area contributed by atoms with Crippen molar-refractivity contribution in [1.82, 2.24) is 10.2 Å². The summed E-state index contributed by atoms with van der Waals surface area (Å²) in [4.78, 5) is 42.8. The van der Waals surface area contributed by atoms with Gasteiger partial charge in [0.1, 0.15) is 5.75 Å². The van der Waals surface area contributed by atoms with Gasteiger partial charge in [-0.25, -0.2) is 0 Å². The van der Waals surface area contributed by atoms with Crippen molar-refractivity contribution in [2.24, 2.45) is 0 Å². The van der Waals surface area contributed by atoms with Crippen LogP contribution in [0.4, 0.5) is 11.4 Å². The zero-order valence-electron chi connectivity index (χ0n) is 26.1. The Kier molecular flexibility index (Phi) is 11.8. The molecule has 3 aromatic rings. The summed E-state index contributed by atoms with van der Waals surface area (Å²) in [5, 5.41) is 6.89. The fourth-order valence-electron chi connectivity index (χ4n) is 5.32. The van der Waals surface area contributed by atoms with E-state index < -0.39 is 0 Å². The van der Waals surface area contributed by atoms with E-state index in [0.29, 0.717) is 53.2 Å². The molecule has 1 aliphatic heterocycles. The maximum absolute atomic E-state index is 13.7. The lowest BCUT2D eigenvalue weighted by Gasteiger charge is -2.25. The second-order valence-corrected chi connectivity index (χ2v) is 12.1. The number of benzene rings is 3. The molecule has 44 heavy (non-hydrogen) atoms. The number of unbranched alkanes of at least 4 members (excludes halogenated alkanes) is 1. The van der Waals surface area contributed by atoms with E-state index in [-0.39, 0.29) is 23.6 Å². The van der Waals surface area contributed by atoms with Crippen LogP contribution in [0.15, 0.2) is 66.7 Å². The summed E-state index contributed by atoms with van der Waals surface area (Å²) in [6.07, 6.45) is 3.77. The summed E-state index contributed by atoms with van der Waals surface area (Å²) in [5.41, 5.74) is 3.22. The van der Waals surface area contributed by atoms with Crippen LogP contribution in [-0.2, 0) is 4.79 Å². The predicted molar refractivity (Wildman–Crippen MR) is 177 cm³/mol. The molecular formula is C35H43ClN4O4. The molecule has 1 heterocycles. The molecule has 1 atom stereocenters. The van der Waals surface area contributed by atoms with E-state index in [4.69, 9.17) is 16.3 Å². The Hall–Kier alpha value is -3.88. The van der Waals surface area contributed by atoms with Crippen LogP contribution in [0.2, 0.25) is 5.02 Å². The zero-order valence-corrected chi connectivity index (χ0v) is 26.8. The van der Waals surface area contributed by atoms with Crippen LogP contribution >= 0.6 is 11.6 Å². The Balaban J connectivity index is 1.42. The van der Waals surface area contributed by atoms with Crippen molar-refractivity contribution in [3.05, 3.63) is 88.4 Å². The van der Waals surface area contributed by atoms with Gasteiger partial charge >= 0.3 is 0 Å². The molecule has 8 nitrogen and oxygen atoms in total. The predicted octanol–water partition coefficient (Wildman–Crippen LogP) is 6.75. The van der Waals surface area contributed by atoms with Crippen molar-refractivity contribution in [2.75, 3.05) is 44.0 Å². The lowest BCUT2D eigenvalue weighted by molar-refractivity contribution is -0.129. The van der Waals surface area contributed by atoms with E-state index in [9.17, 15) is 14.4 Å². The highest BCUT2D eigenvalue weighted by Gasteiger charge is 2.29. The summed E-state index contributed by atoms with van der Waals surface area (Å²) in [7, 11) is 3.50. The van der Waals surface area contributed by atoms with Crippen LogP contribution in [-0.4, -0.2) is 62.5 Å². The van der Waals surface area contributed by atoms with E-state index >= 15 is 0 Å². The standard InChI is InChI=1S/C35H43ClN4O4/c1-24(2)37-19-7-8-21-44-32-12-6-5-11-29(32)34(42)38-28-16-13-25(14-17-28)35(43)40-20-9-10-26(22-33(41)39(3)4)30-23-27(36)15-18-31(30)40/h5-6,11-18,23-24,26,37H,7-10,19-22H2,1-4H3,(H,38,42). The Labute approximate surface area is 265 Å². The molecule has 0 saturated carbocycles. The van der Waals surface area contributed by atoms with Gasteiger partial charge in [-0.2, -0.15) is 0 Å². The number of nitrogens with one attached hydrogen (secondary N) is 2. The number of hydrogen-bond acceptors (Lipinski definition) is 5. The van der Waals surface area contributed by atoms with Gasteiger partial charge < -0.3 is 25.2 Å². The first-order chi connectivity index (χ1) is 21.1. The number of fused-ring (bicyclic) bond motifs is 1. The molecule has 0 aliphatic carbocycles. The molecule has 9 heteroatoms. The number of rotatable bonds is 12. The minimum Gasteiger partial charge on any atom is -0.493 e. The third kappa shape index (κ3) is 8.83. The smallest absolute Gasteiger partial charge is 0.259 e. The summed E-state index contributed by atoms with van der Waals surface area (Å²) in [5.74, 6) is 0.134. The number of para-hydroxylation sites is 1. The monoisotopic (exact) mass is 618 g/mol. The van der Waals surface area contributed by atoms with Gasteiger partial charge in [0.25, 0.3) is 11.8 Å². The molecule has 3 aromatic carbocycles. The van der Waals surface area contributed by atoms with Crippen LogP contribution in [0.25, 0.3) is 0 Å². The molecule has 0 radical (unpaired) electrons. The van der Waals surface area contributed by atoms with Crippen molar-refractivity contribution in [2.45, 2.75) is 57.9 Å². The Morgan fingerprint density at radius 3 is 2.50 bits per heavy atom. The Bertz CT molecular complexity index is 1440. The molecule has 234 valence electrons. The van der Waals surface area contributed by atoms with Gasteiger partial charge in [-0.1, -0.05) is 37.6 Å². The highest BCUT2D eigenvalue weighted by Crippen LogP contribution is 2.39. The van der Waals surface area contributed by atoms with Gasteiger partial charge in [-0.3, -0.25) is 14.4 Å². The molecule has 1 aliphatic rings. The van der Waals surface area contributed by atoms with Gasteiger partial charge in [-0.05, 0) is 98.3 Å². The first-order valence-electron chi connectivity index (χ1n) is 15.3. The van der Waals surface area contributed by atoms with Crippen LogP contribution in [0, 0.1) is 0 Å². The summed E-state index contributed by atoms with van der Waals surface area (Å²) in [6.45, 7) is 6.23. The van der Waals surface area contributed by atoms with E-state index in [0.717, 1.165) is 43.5 Å². The lowest BCUT2D eigenvalue weighted by atomic mass is 9.90. The molecular weight excluding hydrogens is 576 g/mol. The average molecular weight is 619 g/mol. The Morgan fingerprint density at radius 1 is 1.02 bits per heavy atom. The van der Waals surface area contributed by atoms with Crippen molar-refractivity contribution in [3.63, 3.8) is 0 Å². The third-order valence-electron chi connectivity index (χ3n) is 7.72. The number of anilines is 2. The van der Waals surface area contributed by atoms with Crippen LogP contribution in [0.1, 0.15) is 78.1 Å². The fourth-order valence-corrected chi connectivity index (χ4v) is 5.50. The molecule has 0 bridgehead atoms. The average Bonchev–Trinajstić information content (AvgIpc) is 3.17.